The van der Waals surface area contributed by atoms with Gasteiger partial charge >= 0.3 is 5.13 Å². The summed E-state index contributed by atoms with van der Waals surface area (Å²) >= 11 is 1.05. The van der Waals surface area contributed by atoms with E-state index in [4.69, 9.17) is 5.39 Å². The lowest BCUT2D eigenvalue weighted by Crippen LogP contribution is -1.99. The molecule has 0 aliphatic carbocycles. The molecule has 76 valence electrons. The Morgan fingerprint density at radius 2 is 2.20 bits per heavy atom. The Morgan fingerprint density at radius 1 is 1.47 bits per heavy atom. The highest BCUT2D eigenvalue weighted by Gasteiger charge is 2.21. The van der Waals surface area contributed by atoms with E-state index in [1.54, 1.807) is 0 Å². The first kappa shape index (κ1) is 9.97. The highest BCUT2D eigenvalue weighted by atomic mass is 32.2. The largest absolute Gasteiger partial charge is 0.744 e. The zero-order valence-electron chi connectivity index (χ0n) is 7.17. The van der Waals surface area contributed by atoms with Crippen LogP contribution in [0.5, 0.6) is 0 Å². The maximum Gasteiger partial charge on any atom is 0.672 e. The number of benzene rings is 1. The van der Waals surface area contributed by atoms with Crippen LogP contribution in [0.4, 0.5) is 5.13 Å². The van der Waals surface area contributed by atoms with Crippen molar-refractivity contribution in [2.24, 2.45) is 0 Å². The van der Waals surface area contributed by atoms with E-state index in [2.05, 4.69) is 9.96 Å². The third-order valence-corrected chi connectivity index (χ3v) is 3.55. The molecule has 0 aliphatic heterocycles. The van der Waals surface area contributed by atoms with Crippen molar-refractivity contribution in [2.45, 2.75) is 4.90 Å². The minimum absolute atomic E-state index is 0.241. The fourth-order valence-corrected chi connectivity index (χ4v) is 2.53. The molecule has 0 radical (unpaired) electrons. The number of nitrogens with zero attached hydrogens (tertiary/aromatic N) is 2. The first-order valence-electron chi connectivity index (χ1n) is 3.77. The summed E-state index contributed by atoms with van der Waals surface area (Å²) in [6.45, 7) is 0. The average Bonchev–Trinajstić information content (AvgIpc) is 2.57. The second-order valence-electron chi connectivity index (χ2n) is 2.74. The summed E-state index contributed by atoms with van der Waals surface area (Å²) in [5.41, 5.74) is 0.611. The minimum atomic E-state index is -4.44. The number of thiazole rings is 1. The number of aromatic amines is 1. The van der Waals surface area contributed by atoms with Gasteiger partial charge in [0.2, 0.25) is 10.9 Å². The highest BCUT2D eigenvalue weighted by Crippen LogP contribution is 2.26. The van der Waals surface area contributed by atoms with Crippen molar-refractivity contribution in [3.05, 3.63) is 23.2 Å². The van der Waals surface area contributed by atoms with Crippen LogP contribution in [0.2, 0.25) is 0 Å². The summed E-state index contributed by atoms with van der Waals surface area (Å²) < 4.78 is 32.7. The zero-order valence-corrected chi connectivity index (χ0v) is 8.80. The van der Waals surface area contributed by atoms with Gasteiger partial charge in [-0.15, -0.1) is 4.98 Å². The molecule has 15 heavy (non-hydrogen) atoms. The minimum Gasteiger partial charge on any atom is -0.744 e. The summed E-state index contributed by atoms with van der Waals surface area (Å²) in [5, 5.41) is 8.73. The van der Waals surface area contributed by atoms with Gasteiger partial charge in [0.1, 0.15) is 14.8 Å². The van der Waals surface area contributed by atoms with Gasteiger partial charge in [0.05, 0.1) is 4.90 Å². The predicted molar refractivity (Wildman–Crippen MR) is 51.1 cm³/mol. The number of aromatic nitrogens is 1. The molecule has 0 fully saturated rings. The van der Waals surface area contributed by atoms with Crippen LogP contribution in [0.15, 0.2) is 23.1 Å². The van der Waals surface area contributed by atoms with Crippen LogP contribution in [-0.4, -0.2) is 13.0 Å². The molecular weight excluding hydrogens is 238 g/mol. The molecule has 0 saturated heterocycles. The molecule has 0 spiro atoms. The molecule has 1 aromatic heterocycles. The van der Waals surface area contributed by atoms with Crippen LogP contribution < -0.4 is 4.98 Å². The van der Waals surface area contributed by atoms with E-state index < -0.39 is 10.1 Å². The molecule has 1 heterocycles. The Hall–Kier alpha value is -1.56. The molecule has 1 aromatic carbocycles. The lowest BCUT2D eigenvalue weighted by Gasteiger charge is -2.04. The van der Waals surface area contributed by atoms with Crippen LogP contribution in [-0.2, 0) is 10.1 Å². The van der Waals surface area contributed by atoms with Crippen molar-refractivity contribution in [3.8, 4) is 0 Å². The molecule has 0 amide bonds. The number of fused-ring (bicyclic) bond motifs is 1. The van der Waals surface area contributed by atoms with E-state index in [1.807, 2.05) is 0 Å². The van der Waals surface area contributed by atoms with E-state index in [1.165, 1.54) is 18.2 Å². The highest BCUT2D eigenvalue weighted by molar-refractivity contribution is 7.85. The molecule has 2 aromatic rings. The van der Waals surface area contributed by atoms with Gasteiger partial charge in [0, 0.05) is 17.4 Å². The lowest BCUT2D eigenvalue weighted by atomic mass is 10.3. The Balaban J connectivity index is 2.72. The maximum absolute atomic E-state index is 10.7. The van der Waals surface area contributed by atoms with E-state index >= 15 is 0 Å². The normalized spacial score (nSPS) is 11.5. The van der Waals surface area contributed by atoms with Gasteiger partial charge in [-0.2, -0.15) is 0 Å². The average molecular weight is 242 g/mol. The number of hydrogen-bond donors (Lipinski definition) is 0. The lowest BCUT2D eigenvalue weighted by molar-refractivity contribution is -0.319. The van der Waals surface area contributed by atoms with Gasteiger partial charge in [-0.25, -0.2) is 8.42 Å². The molecule has 6 nitrogen and oxygen atoms in total. The fraction of sp³-hybridized carbons (Fsp3) is 0. The van der Waals surface area contributed by atoms with Crippen molar-refractivity contribution in [2.75, 3.05) is 0 Å². The number of diazo groups is 1. The van der Waals surface area contributed by atoms with Gasteiger partial charge < -0.3 is 4.55 Å². The van der Waals surface area contributed by atoms with Gasteiger partial charge in [0.15, 0.2) is 0 Å². The molecule has 0 atom stereocenters. The van der Waals surface area contributed by atoms with Crippen molar-refractivity contribution in [1.29, 1.82) is 5.39 Å². The van der Waals surface area contributed by atoms with E-state index in [-0.39, 0.29) is 10.0 Å². The Kier molecular flexibility index (Phi) is 2.15. The first-order chi connectivity index (χ1) is 7.00. The zero-order chi connectivity index (χ0) is 11.1. The second kappa shape index (κ2) is 3.23. The fourth-order valence-electron chi connectivity index (χ4n) is 1.14. The maximum atomic E-state index is 10.7. The van der Waals surface area contributed by atoms with Crippen LogP contribution >= 0.6 is 11.3 Å². The number of nitrogens with one attached hydrogen (secondary N) is 1. The van der Waals surface area contributed by atoms with Crippen LogP contribution in [0, 0.1) is 5.39 Å². The van der Waals surface area contributed by atoms with Crippen LogP contribution in [0.3, 0.4) is 0 Å². The number of rotatable bonds is 1. The number of hydrogen-bond acceptors (Lipinski definition) is 5. The Labute approximate surface area is 88.6 Å². The van der Waals surface area contributed by atoms with Crippen LogP contribution in [0.25, 0.3) is 15.2 Å². The predicted octanol–water partition coefficient (Wildman–Crippen LogP) is 1.10. The second-order valence-corrected chi connectivity index (χ2v) is 5.15. The first-order valence-corrected chi connectivity index (χ1v) is 6.00. The summed E-state index contributed by atoms with van der Waals surface area (Å²) in [7, 11) is -4.44. The van der Waals surface area contributed by atoms with Crippen LogP contribution in [0.1, 0.15) is 0 Å². The van der Waals surface area contributed by atoms with Gasteiger partial charge in [-0.05, 0) is 12.1 Å². The van der Waals surface area contributed by atoms with Gasteiger partial charge in [-0.1, -0.05) is 0 Å². The SMILES string of the molecule is N#[N+]c1[nH+]c2ccc(S(=O)(=O)[O-])cc2s1. The summed E-state index contributed by atoms with van der Waals surface area (Å²) in [6, 6.07) is 3.90. The molecule has 0 bridgehead atoms. The molecule has 0 saturated carbocycles. The third-order valence-electron chi connectivity index (χ3n) is 1.78. The molecule has 8 heteroatoms. The van der Waals surface area contributed by atoms with Crippen molar-refractivity contribution in [1.82, 2.24) is 0 Å². The van der Waals surface area contributed by atoms with Crippen molar-refractivity contribution in [3.63, 3.8) is 0 Å². The quantitative estimate of drug-likeness (QED) is 0.552. The summed E-state index contributed by atoms with van der Waals surface area (Å²) in [5.74, 6) is 0. The molecule has 0 unspecified atom stereocenters. The smallest absolute Gasteiger partial charge is 0.672 e. The monoisotopic (exact) mass is 242 g/mol. The van der Waals surface area contributed by atoms with E-state index in [0.29, 0.717) is 10.2 Å². The third kappa shape index (κ3) is 1.80. The van der Waals surface area contributed by atoms with Crippen molar-refractivity contribution >= 4 is 36.8 Å². The van der Waals surface area contributed by atoms with E-state index in [0.717, 1.165) is 11.3 Å². The number of H-pyrrole nitrogens is 1. The summed E-state index contributed by atoms with van der Waals surface area (Å²) in [4.78, 5) is 5.37. The summed E-state index contributed by atoms with van der Waals surface area (Å²) in [6.07, 6.45) is 0. The Morgan fingerprint density at radius 3 is 2.80 bits per heavy atom. The molecule has 1 N–H and O–H groups in total. The van der Waals surface area contributed by atoms with E-state index in [9.17, 15) is 13.0 Å². The van der Waals surface area contributed by atoms with Crippen molar-refractivity contribution < 1.29 is 18.0 Å². The molecular formula is C7H4N3O3S2+. The van der Waals surface area contributed by atoms with Gasteiger partial charge in [0.25, 0.3) is 4.98 Å². The molecule has 2 rings (SSSR count). The standard InChI is InChI=1S/C7H3N3O3S2/c8-10-7-9-5-2-1-4(15(11,12)13)3-6(5)14-7/h1-3H/p+1. The molecule has 0 aliphatic rings. The Bertz CT molecular complexity index is 668. The topological polar surface area (TPSA) is 99.5 Å². The van der Waals surface area contributed by atoms with Gasteiger partial charge in [-0.3, -0.25) is 0 Å².